The lowest BCUT2D eigenvalue weighted by atomic mass is 9.76. The lowest BCUT2D eigenvalue weighted by Gasteiger charge is -2.34. The number of aryl methyl sites for hydroxylation is 2. The molecular weight excluding hydrogens is 439 g/mol. The second-order valence-corrected chi connectivity index (χ2v) is 10.4. The summed E-state index contributed by atoms with van der Waals surface area (Å²) in [6.45, 7) is 0. The number of benzene rings is 4. The van der Waals surface area contributed by atoms with Crippen LogP contribution < -0.4 is 9.05 Å². The minimum absolute atomic E-state index is 0.00244. The van der Waals surface area contributed by atoms with Crippen LogP contribution in [0.2, 0.25) is 0 Å². The van der Waals surface area contributed by atoms with E-state index < -0.39 is 8.60 Å². The van der Waals surface area contributed by atoms with E-state index in [0.717, 1.165) is 48.3 Å². The normalized spacial score (nSPS) is 17.3. The standard InChI is InChI=1S/C30H25O3P/c1-3-9-23(10-4-1)29(24-11-5-2-6-12-24)33-34-31-25-15-7-13-21-17-19-30(27(21)25)20-18-22-14-8-16-26(32-34)28(22)30/h1-16,29H,17-20H2. The lowest BCUT2D eigenvalue weighted by molar-refractivity contribution is 0.209. The van der Waals surface area contributed by atoms with Crippen molar-refractivity contribution in [3.05, 3.63) is 130 Å². The molecule has 4 aromatic carbocycles. The predicted molar refractivity (Wildman–Crippen MR) is 134 cm³/mol. The highest BCUT2D eigenvalue weighted by atomic mass is 31.2. The Morgan fingerprint density at radius 3 is 1.62 bits per heavy atom. The molecule has 0 unspecified atom stereocenters. The van der Waals surface area contributed by atoms with Gasteiger partial charge in [0.1, 0.15) is 17.6 Å². The molecule has 7 rings (SSSR count). The highest BCUT2D eigenvalue weighted by Gasteiger charge is 2.50. The van der Waals surface area contributed by atoms with Crippen LogP contribution in [0.3, 0.4) is 0 Å². The van der Waals surface area contributed by atoms with Crippen molar-refractivity contribution in [3.63, 3.8) is 0 Å². The van der Waals surface area contributed by atoms with Crippen LogP contribution in [-0.2, 0) is 22.8 Å². The Hall–Kier alpha value is -3.13. The molecule has 1 spiro atoms. The average Bonchev–Trinajstić information content (AvgIpc) is 3.45. The van der Waals surface area contributed by atoms with Gasteiger partial charge in [-0.15, -0.1) is 0 Å². The third-order valence-electron chi connectivity index (χ3n) is 7.57. The smallest absolute Gasteiger partial charge is 0.417 e. The minimum atomic E-state index is -1.69. The number of rotatable bonds is 4. The van der Waals surface area contributed by atoms with E-state index >= 15 is 0 Å². The monoisotopic (exact) mass is 464 g/mol. The van der Waals surface area contributed by atoms with Gasteiger partial charge < -0.3 is 9.05 Å². The first kappa shape index (κ1) is 20.3. The van der Waals surface area contributed by atoms with E-state index in [2.05, 4.69) is 60.7 Å². The molecule has 0 radical (unpaired) electrons. The molecule has 3 nitrogen and oxygen atoms in total. The first-order valence-electron chi connectivity index (χ1n) is 12.0. The summed E-state index contributed by atoms with van der Waals surface area (Å²) in [6.07, 6.45) is 4.11. The van der Waals surface area contributed by atoms with Crippen molar-refractivity contribution >= 4 is 8.60 Å². The van der Waals surface area contributed by atoms with Crippen LogP contribution in [0.1, 0.15) is 52.3 Å². The van der Waals surface area contributed by atoms with Crippen LogP contribution in [0.4, 0.5) is 0 Å². The van der Waals surface area contributed by atoms with Crippen LogP contribution in [-0.4, -0.2) is 0 Å². The molecule has 0 N–H and O–H groups in total. The molecule has 0 atom stereocenters. The van der Waals surface area contributed by atoms with Gasteiger partial charge in [0.15, 0.2) is 0 Å². The van der Waals surface area contributed by atoms with Gasteiger partial charge >= 0.3 is 8.60 Å². The van der Waals surface area contributed by atoms with Gasteiger partial charge in [0.05, 0.1) is 0 Å². The van der Waals surface area contributed by atoms with Crippen molar-refractivity contribution in [1.29, 1.82) is 0 Å². The van der Waals surface area contributed by atoms with Gasteiger partial charge in [-0.2, -0.15) is 0 Å². The molecule has 1 heterocycles. The zero-order valence-electron chi connectivity index (χ0n) is 18.8. The Balaban J connectivity index is 1.35. The maximum atomic E-state index is 6.72. The summed E-state index contributed by atoms with van der Waals surface area (Å²) < 4.78 is 20.0. The SMILES string of the molecule is c1ccc(C(OP2Oc3cccc4c3C3(CC4)CCc4cccc(c43)O2)c2ccccc2)cc1. The molecule has 4 aromatic rings. The molecule has 168 valence electrons. The van der Waals surface area contributed by atoms with E-state index in [-0.39, 0.29) is 11.5 Å². The average molecular weight is 465 g/mol. The van der Waals surface area contributed by atoms with Gasteiger partial charge in [-0.3, -0.25) is 4.52 Å². The second-order valence-electron chi connectivity index (χ2n) is 9.38. The Morgan fingerprint density at radius 1 is 0.618 bits per heavy atom. The summed E-state index contributed by atoms with van der Waals surface area (Å²) in [7, 11) is -1.69. The molecule has 0 bridgehead atoms. The fourth-order valence-electron chi connectivity index (χ4n) is 6.13. The minimum Gasteiger partial charge on any atom is -0.417 e. The summed E-state index contributed by atoms with van der Waals surface area (Å²) in [6, 6.07) is 33.6. The summed E-state index contributed by atoms with van der Waals surface area (Å²) in [5.41, 5.74) is 7.68. The quantitative estimate of drug-likeness (QED) is 0.290. The fraction of sp³-hybridized carbons (Fsp3) is 0.200. The first-order chi connectivity index (χ1) is 16.8. The van der Waals surface area contributed by atoms with Crippen molar-refractivity contribution in [2.75, 3.05) is 0 Å². The lowest BCUT2D eigenvalue weighted by Crippen LogP contribution is -2.24. The summed E-state index contributed by atoms with van der Waals surface area (Å²) in [5.74, 6) is 1.84. The van der Waals surface area contributed by atoms with Crippen molar-refractivity contribution in [1.82, 2.24) is 0 Å². The molecule has 34 heavy (non-hydrogen) atoms. The van der Waals surface area contributed by atoms with E-state index in [1.165, 1.54) is 22.3 Å². The molecule has 1 aliphatic heterocycles. The van der Waals surface area contributed by atoms with Gasteiger partial charge in [-0.05, 0) is 60.1 Å². The summed E-state index contributed by atoms with van der Waals surface area (Å²) >= 11 is 0. The summed E-state index contributed by atoms with van der Waals surface area (Å²) in [5, 5.41) is 0. The van der Waals surface area contributed by atoms with Gasteiger partial charge in [0.2, 0.25) is 0 Å². The van der Waals surface area contributed by atoms with E-state index in [1.54, 1.807) is 0 Å². The first-order valence-corrected chi connectivity index (χ1v) is 13.1. The Labute approximate surface area is 201 Å². The largest absolute Gasteiger partial charge is 0.464 e. The number of hydrogen-bond acceptors (Lipinski definition) is 3. The fourth-order valence-corrected chi connectivity index (χ4v) is 7.30. The van der Waals surface area contributed by atoms with Crippen LogP contribution in [0.5, 0.6) is 11.5 Å². The van der Waals surface area contributed by atoms with E-state index in [1.807, 2.05) is 36.4 Å². The highest BCUT2D eigenvalue weighted by Crippen LogP contribution is 2.62. The molecule has 0 amide bonds. The van der Waals surface area contributed by atoms with Crippen LogP contribution in [0, 0.1) is 0 Å². The van der Waals surface area contributed by atoms with Gasteiger partial charge in [0.25, 0.3) is 0 Å². The van der Waals surface area contributed by atoms with Crippen LogP contribution >= 0.6 is 8.60 Å². The Morgan fingerprint density at radius 2 is 1.12 bits per heavy atom. The highest BCUT2D eigenvalue weighted by molar-refractivity contribution is 7.42. The molecule has 0 fully saturated rings. The zero-order valence-corrected chi connectivity index (χ0v) is 19.7. The maximum absolute atomic E-state index is 6.72. The second kappa shape index (κ2) is 7.98. The van der Waals surface area contributed by atoms with Gasteiger partial charge in [-0.1, -0.05) is 84.9 Å². The van der Waals surface area contributed by atoms with Crippen molar-refractivity contribution in [3.8, 4) is 11.5 Å². The van der Waals surface area contributed by atoms with E-state index in [4.69, 9.17) is 13.6 Å². The number of hydrogen-bond donors (Lipinski definition) is 0. The molecule has 2 aliphatic carbocycles. The topological polar surface area (TPSA) is 27.7 Å². The van der Waals surface area contributed by atoms with Crippen molar-refractivity contribution in [2.45, 2.75) is 37.2 Å². The molecular formula is C30H25O3P. The molecule has 0 saturated heterocycles. The zero-order chi connectivity index (χ0) is 22.5. The van der Waals surface area contributed by atoms with Gasteiger partial charge in [0, 0.05) is 16.5 Å². The molecule has 3 aliphatic rings. The van der Waals surface area contributed by atoms with Gasteiger partial charge in [-0.25, -0.2) is 0 Å². The Bertz CT molecular complexity index is 1250. The third-order valence-corrected chi connectivity index (χ3v) is 8.64. The molecule has 4 heteroatoms. The predicted octanol–water partition coefficient (Wildman–Crippen LogP) is 7.67. The molecule has 0 saturated carbocycles. The van der Waals surface area contributed by atoms with Crippen molar-refractivity contribution in [2.24, 2.45) is 0 Å². The third kappa shape index (κ3) is 3.11. The summed E-state index contributed by atoms with van der Waals surface area (Å²) in [4.78, 5) is 0. The van der Waals surface area contributed by atoms with Crippen LogP contribution in [0.25, 0.3) is 0 Å². The maximum Gasteiger partial charge on any atom is 0.464 e. The van der Waals surface area contributed by atoms with E-state index in [9.17, 15) is 0 Å². The van der Waals surface area contributed by atoms with Crippen LogP contribution in [0.15, 0.2) is 97.1 Å². The van der Waals surface area contributed by atoms with E-state index in [0.29, 0.717) is 0 Å². The molecule has 0 aromatic heterocycles. The Kier molecular flexibility index (Phi) is 4.75. The van der Waals surface area contributed by atoms with Crippen molar-refractivity contribution < 1.29 is 13.6 Å².